The molecule has 0 aromatic heterocycles. The Kier molecular flexibility index (Phi) is 11.1. The van der Waals surface area contributed by atoms with Crippen LogP contribution >= 0.6 is 0 Å². The second-order valence-corrected chi connectivity index (χ2v) is 7.10. The van der Waals surface area contributed by atoms with Gasteiger partial charge in [0.1, 0.15) is 18.5 Å². The van der Waals surface area contributed by atoms with Gasteiger partial charge in [-0.3, -0.25) is 19.2 Å². The molecule has 0 aliphatic carbocycles. The molecule has 1 rings (SSSR count). The first kappa shape index (κ1) is 26.5. The summed E-state index contributed by atoms with van der Waals surface area (Å²) in [4.78, 5) is 57.4. The van der Waals surface area contributed by atoms with Gasteiger partial charge in [0.2, 0.25) is 0 Å². The van der Waals surface area contributed by atoms with Gasteiger partial charge in [-0.2, -0.15) is 0 Å². The number of esters is 4. The minimum atomic E-state index is -1.26. The Morgan fingerprint density at radius 3 is 1.77 bits per heavy atom. The maximum absolute atomic E-state index is 11.7. The van der Waals surface area contributed by atoms with Crippen LogP contribution in [0.25, 0.3) is 0 Å². The molecule has 1 aliphatic rings. The summed E-state index contributed by atoms with van der Waals surface area (Å²) in [5.74, 6) is -2.67. The number of carbonyl (C=O) groups excluding carboxylic acids is 5. The molecule has 176 valence electrons. The topological polar surface area (TPSA) is 141 Å². The SMILES string of the molecule is CC(=O)CCCCO[C@@H]1OC(COC(C)=O)[C@@H](OC(C)=O)C(OC(C)=O)[C@H]1OC(C)=O. The zero-order valence-electron chi connectivity index (χ0n) is 18.4. The van der Waals surface area contributed by atoms with Crippen LogP contribution in [-0.4, -0.2) is 73.6 Å². The van der Waals surface area contributed by atoms with Crippen molar-refractivity contribution in [2.45, 2.75) is 84.6 Å². The van der Waals surface area contributed by atoms with Gasteiger partial charge in [-0.05, 0) is 19.8 Å². The van der Waals surface area contributed by atoms with Crippen LogP contribution in [0.3, 0.4) is 0 Å². The summed E-state index contributed by atoms with van der Waals surface area (Å²) in [5, 5.41) is 0. The van der Waals surface area contributed by atoms with Gasteiger partial charge in [0.15, 0.2) is 24.6 Å². The molecule has 0 aromatic carbocycles. The lowest BCUT2D eigenvalue weighted by Crippen LogP contribution is -2.63. The number of hydrogen-bond acceptors (Lipinski definition) is 11. The standard InChI is InChI=1S/C20H30O11/c1-11(21)8-6-7-9-26-20-19(30-15(5)25)18(29-14(4)24)17(28-13(3)23)16(31-20)10-27-12(2)22/h16-20H,6-10H2,1-5H3/t16?,17-,18?,19-,20-/m1/s1. The summed E-state index contributed by atoms with van der Waals surface area (Å²) in [6, 6.07) is 0. The Labute approximate surface area is 180 Å². The largest absolute Gasteiger partial charge is 0.463 e. The molecule has 2 unspecified atom stereocenters. The molecule has 5 atom stereocenters. The first-order chi connectivity index (χ1) is 14.5. The van der Waals surface area contributed by atoms with Crippen molar-refractivity contribution in [3.63, 3.8) is 0 Å². The Morgan fingerprint density at radius 1 is 0.710 bits per heavy atom. The van der Waals surface area contributed by atoms with Crippen LogP contribution in [0.4, 0.5) is 0 Å². The molecular formula is C20H30O11. The zero-order valence-corrected chi connectivity index (χ0v) is 18.4. The highest BCUT2D eigenvalue weighted by Crippen LogP contribution is 2.30. The summed E-state index contributed by atoms with van der Waals surface area (Å²) in [7, 11) is 0. The smallest absolute Gasteiger partial charge is 0.303 e. The third-order valence-electron chi connectivity index (χ3n) is 4.15. The van der Waals surface area contributed by atoms with E-state index in [1.165, 1.54) is 13.8 Å². The Morgan fingerprint density at radius 2 is 1.26 bits per heavy atom. The molecule has 31 heavy (non-hydrogen) atoms. The average molecular weight is 446 g/mol. The molecule has 11 nitrogen and oxygen atoms in total. The van der Waals surface area contributed by atoms with Gasteiger partial charge in [0.25, 0.3) is 0 Å². The van der Waals surface area contributed by atoms with E-state index in [4.69, 9.17) is 28.4 Å². The monoisotopic (exact) mass is 446 g/mol. The van der Waals surface area contributed by atoms with E-state index in [0.29, 0.717) is 19.3 Å². The van der Waals surface area contributed by atoms with Crippen molar-refractivity contribution in [1.82, 2.24) is 0 Å². The molecule has 11 heteroatoms. The predicted molar refractivity (Wildman–Crippen MR) is 102 cm³/mol. The highest BCUT2D eigenvalue weighted by molar-refractivity contribution is 5.75. The highest BCUT2D eigenvalue weighted by Gasteiger charge is 2.52. The van der Waals surface area contributed by atoms with Crippen LogP contribution in [0.2, 0.25) is 0 Å². The predicted octanol–water partition coefficient (Wildman–Crippen LogP) is 0.845. The van der Waals surface area contributed by atoms with E-state index in [9.17, 15) is 24.0 Å². The van der Waals surface area contributed by atoms with Crippen LogP contribution < -0.4 is 0 Å². The molecule has 1 heterocycles. The molecule has 1 aliphatic heterocycles. The maximum Gasteiger partial charge on any atom is 0.303 e. The lowest BCUT2D eigenvalue weighted by molar-refractivity contribution is -0.308. The average Bonchev–Trinajstić information content (AvgIpc) is 2.62. The van der Waals surface area contributed by atoms with E-state index in [-0.39, 0.29) is 19.0 Å². The quantitative estimate of drug-likeness (QED) is 0.253. The number of Topliss-reactive ketones (excluding diaryl/α,β-unsaturated/α-hetero) is 1. The number of carbonyl (C=O) groups is 5. The van der Waals surface area contributed by atoms with Gasteiger partial charge in [-0.15, -0.1) is 0 Å². The second kappa shape index (κ2) is 13.0. The highest BCUT2D eigenvalue weighted by atomic mass is 16.7. The number of ketones is 1. The van der Waals surface area contributed by atoms with Gasteiger partial charge in [0.05, 0.1) is 0 Å². The van der Waals surface area contributed by atoms with Crippen LogP contribution in [-0.2, 0) is 52.4 Å². The van der Waals surface area contributed by atoms with Gasteiger partial charge < -0.3 is 33.2 Å². The first-order valence-electron chi connectivity index (χ1n) is 9.92. The van der Waals surface area contributed by atoms with E-state index in [1.807, 2.05) is 0 Å². The summed E-state index contributed by atoms with van der Waals surface area (Å²) in [6.07, 6.45) is -4.48. The van der Waals surface area contributed by atoms with Crippen LogP contribution in [0.15, 0.2) is 0 Å². The molecule has 0 N–H and O–H groups in total. The lowest BCUT2D eigenvalue weighted by Gasteiger charge is -2.44. The van der Waals surface area contributed by atoms with Crippen molar-refractivity contribution in [3.8, 4) is 0 Å². The van der Waals surface area contributed by atoms with Crippen molar-refractivity contribution in [1.29, 1.82) is 0 Å². The van der Waals surface area contributed by atoms with E-state index in [2.05, 4.69) is 0 Å². The molecule has 0 spiro atoms. The van der Waals surface area contributed by atoms with E-state index in [0.717, 1.165) is 20.8 Å². The van der Waals surface area contributed by atoms with Crippen molar-refractivity contribution < 1.29 is 52.4 Å². The lowest BCUT2D eigenvalue weighted by atomic mass is 9.98. The molecule has 0 amide bonds. The van der Waals surface area contributed by atoms with Crippen LogP contribution in [0, 0.1) is 0 Å². The van der Waals surface area contributed by atoms with E-state index in [1.54, 1.807) is 0 Å². The molecule has 0 bridgehead atoms. The first-order valence-corrected chi connectivity index (χ1v) is 9.92. The van der Waals surface area contributed by atoms with E-state index < -0.39 is 54.6 Å². The Bertz CT molecular complexity index is 660. The van der Waals surface area contributed by atoms with Crippen molar-refractivity contribution in [2.75, 3.05) is 13.2 Å². The minimum absolute atomic E-state index is 0.0484. The van der Waals surface area contributed by atoms with Crippen molar-refractivity contribution in [2.24, 2.45) is 0 Å². The van der Waals surface area contributed by atoms with Gasteiger partial charge >= 0.3 is 23.9 Å². The number of unbranched alkanes of at least 4 members (excludes halogenated alkanes) is 1. The fraction of sp³-hybridized carbons (Fsp3) is 0.750. The Balaban J connectivity index is 3.11. The number of ether oxygens (including phenoxy) is 6. The van der Waals surface area contributed by atoms with Crippen molar-refractivity contribution in [3.05, 3.63) is 0 Å². The zero-order chi connectivity index (χ0) is 23.6. The third-order valence-corrected chi connectivity index (χ3v) is 4.15. The fourth-order valence-corrected chi connectivity index (χ4v) is 3.00. The number of rotatable bonds is 11. The molecule has 1 saturated heterocycles. The minimum Gasteiger partial charge on any atom is -0.463 e. The molecular weight excluding hydrogens is 416 g/mol. The Hall–Kier alpha value is -2.53. The van der Waals surface area contributed by atoms with Crippen LogP contribution in [0.1, 0.15) is 53.9 Å². The molecule has 0 radical (unpaired) electrons. The summed E-state index contributed by atoms with van der Waals surface area (Å²) in [5.41, 5.74) is 0. The summed E-state index contributed by atoms with van der Waals surface area (Å²) >= 11 is 0. The molecule has 1 fully saturated rings. The maximum atomic E-state index is 11.7. The van der Waals surface area contributed by atoms with Gasteiger partial charge in [0, 0.05) is 40.7 Å². The van der Waals surface area contributed by atoms with Gasteiger partial charge in [-0.25, -0.2) is 0 Å². The fourth-order valence-electron chi connectivity index (χ4n) is 3.00. The third kappa shape index (κ3) is 9.88. The van der Waals surface area contributed by atoms with Crippen LogP contribution in [0.5, 0.6) is 0 Å². The van der Waals surface area contributed by atoms with Gasteiger partial charge in [-0.1, -0.05) is 0 Å². The number of hydrogen-bond donors (Lipinski definition) is 0. The molecule has 0 aromatic rings. The molecule has 0 saturated carbocycles. The summed E-state index contributed by atoms with van der Waals surface area (Å²) in [6.45, 7) is 5.96. The second-order valence-electron chi connectivity index (χ2n) is 7.10. The van der Waals surface area contributed by atoms with Crippen molar-refractivity contribution >= 4 is 29.7 Å². The summed E-state index contributed by atoms with van der Waals surface area (Å²) < 4.78 is 32.3. The normalized spacial score (nSPS) is 25.3. The van der Waals surface area contributed by atoms with E-state index >= 15 is 0 Å².